The third kappa shape index (κ3) is 5.11. The first-order valence-corrected chi connectivity index (χ1v) is 15.9. The number of hydrogen-bond donors (Lipinski definition) is 3. The molecule has 0 radical (unpaired) electrons. The van der Waals surface area contributed by atoms with E-state index < -0.39 is 81.3 Å². The number of halogens is 6. The molecule has 0 bridgehead atoms. The molecule has 49 heavy (non-hydrogen) atoms. The smallest absolute Gasteiger partial charge is 0.344 e. The number of nitrogen functional groups attached to an aromatic ring is 1. The summed E-state index contributed by atoms with van der Waals surface area (Å²) < 4.78 is 97.3. The van der Waals surface area contributed by atoms with Crippen LogP contribution >= 0.6 is 0 Å². The number of nitrogens with zero attached hydrogens (tertiary/aromatic N) is 5. The fourth-order valence-corrected chi connectivity index (χ4v) is 7.70. The van der Waals surface area contributed by atoms with Gasteiger partial charge in [-0.3, -0.25) is 9.88 Å². The second-order valence-corrected chi connectivity index (χ2v) is 13.1. The van der Waals surface area contributed by atoms with Gasteiger partial charge in [0.2, 0.25) is 0 Å². The summed E-state index contributed by atoms with van der Waals surface area (Å²) >= 11 is 0. The maximum atomic E-state index is 16.9. The second-order valence-electron chi connectivity index (χ2n) is 13.1. The third-order valence-electron chi connectivity index (χ3n) is 10.1. The highest BCUT2D eigenvalue weighted by Crippen LogP contribution is 2.47. The predicted octanol–water partition coefficient (Wildman–Crippen LogP) is 5.48. The molecule has 3 fully saturated rings. The van der Waals surface area contributed by atoms with Gasteiger partial charge in [-0.05, 0) is 44.4 Å². The molecule has 0 saturated carbocycles. The Balaban J connectivity index is 1.46. The van der Waals surface area contributed by atoms with Crippen LogP contribution in [-0.4, -0.2) is 73.7 Å². The van der Waals surface area contributed by atoms with Gasteiger partial charge >= 0.3 is 12.0 Å². The summed E-state index contributed by atoms with van der Waals surface area (Å²) in [5.74, 6) is -8.00. The number of aliphatic hydroxyl groups is 2. The number of benzene rings is 2. The van der Waals surface area contributed by atoms with E-state index in [-0.39, 0.29) is 53.8 Å². The average molecular weight is 687 g/mol. The van der Waals surface area contributed by atoms with Crippen molar-refractivity contribution in [2.24, 2.45) is 5.92 Å². The average Bonchev–Trinajstić information content (AvgIpc) is 3.56. The standard InChI is InChI=1S/C34H32F6N6O3/c1-3-19-23-20(25(37)26(38)24(19)36)11-18(41)12-21(23)28-27(39)29-22(14-42-28)31(46-10-5-4-7-16(2)30(46)40)44-32(43-29)49-34(47,48)33-8-6-9-45(33)15-17(35)13-33/h1,11-12,14,16-17,30,47-48H,4-10,13,15,41H2,2H3/t16?,17?,30-,33+/m1/s1. The highest BCUT2D eigenvalue weighted by atomic mass is 19.2. The van der Waals surface area contributed by atoms with E-state index in [0.717, 1.165) is 18.3 Å². The molecule has 5 heterocycles. The van der Waals surface area contributed by atoms with Gasteiger partial charge in [-0.1, -0.05) is 19.3 Å². The van der Waals surface area contributed by atoms with Crippen molar-refractivity contribution in [3.63, 3.8) is 0 Å². The van der Waals surface area contributed by atoms with Crippen molar-refractivity contribution in [1.82, 2.24) is 19.9 Å². The van der Waals surface area contributed by atoms with Crippen molar-refractivity contribution in [2.45, 2.75) is 69.4 Å². The summed E-state index contributed by atoms with van der Waals surface area (Å²) in [6.07, 6.45) is 5.92. The molecule has 2 aromatic heterocycles. The van der Waals surface area contributed by atoms with Gasteiger partial charge < -0.3 is 25.6 Å². The van der Waals surface area contributed by atoms with Gasteiger partial charge in [-0.15, -0.1) is 6.42 Å². The minimum absolute atomic E-state index is 0.0478. The van der Waals surface area contributed by atoms with Crippen LogP contribution in [0.4, 0.5) is 37.8 Å². The molecular weight excluding hydrogens is 654 g/mol. The number of ether oxygens (including phenoxy) is 1. The maximum absolute atomic E-state index is 16.9. The van der Waals surface area contributed by atoms with E-state index in [4.69, 9.17) is 16.9 Å². The molecule has 9 nitrogen and oxygen atoms in total. The molecule has 2 unspecified atom stereocenters. The van der Waals surface area contributed by atoms with Crippen molar-refractivity contribution in [2.75, 3.05) is 30.3 Å². The first-order chi connectivity index (χ1) is 23.3. The summed E-state index contributed by atoms with van der Waals surface area (Å²) in [7, 11) is 0. The third-order valence-corrected chi connectivity index (χ3v) is 10.1. The van der Waals surface area contributed by atoms with E-state index in [1.165, 1.54) is 4.90 Å². The Morgan fingerprint density at radius 2 is 1.80 bits per heavy atom. The van der Waals surface area contributed by atoms with Gasteiger partial charge in [-0.2, -0.15) is 9.97 Å². The first-order valence-electron chi connectivity index (χ1n) is 15.9. The number of anilines is 2. The number of nitrogens with two attached hydrogens (primary N) is 1. The van der Waals surface area contributed by atoms with Crippen LogP contribution < -0.4 is 15.4 Å². The van der Waals surface area contributed by atoms with Crippen LogP contribution in [0.3, 0.4) is 0 Å². The lowest BCUT2D eigenvalue weighted by Crippen LogP contribution is -2.62. The van der Waals surface area contributed by atoms with E-state index in [0.29, 0.717) is 32.2 Å². The lowest BCUT2D eigenvalue weighted by atomic mass is 9.90. The van der Waals surface area contributed by atoms with Crippen LogP contribution in [0, 0.1) is 41.5 Å². The molecule has 4 N–H and O–H groups in total. The minimum atomic E-state index is -3.05. The van der Waals surface area contributed by atoms with Crippen LogP contribution in [0.15, 0.2) is 18.3 Å². The predicted molar refractivity (Wildman–Crippen MR) is 169 cm³/mol. The Kier molecular flexibility index (Phi) is 8.04. The van der Waals surface area contributed by atoms with Crippen LogP contribution in [-0.2, 0) is 0 Å². The van der Waals surface area contributed by atoms with Crippen molar-refractivity contribution < 1.29 is 41.3 Å². The Labute approximate surface area is 276 Å². The zero-order chi connectivity index (χ0) is 35.0. The van der Waals surface area contributed by atoms with Gasteiger partial charge in [-0.25, -0.2) is 26.3 Å². The van der Waals surface area contributed by atoms with Crippen molar-refractivity contribution in [3.8, 4) is 29.6 Å². The molecule has 4 aromatic rings. The molecule has 0 spiro atoms. The Morgan fingerprint density at radius 1 is 1.02 bits per heavy atom. The molecule has 3 aliphatic heterocycles. The Bertz CT molecular complexity index is 2040. The van der Waals surface area contributed by atoms with Crippen molar-refractivity contribution in [3.05, 3.63) is 47.2 Å². The number of alkyl halides is 2. The van der Waals surface area contributed by atoms with Gasteiger partial charge in [0.1, 0.15) is 28.7 Å². The highest BCUT2D eigenvalue weighted by Gasteiger charge is 2.63. The van der Waals surface area contributed by atoms with E-state index in [1.54, 1.807) is 11.8 Å². The largest absolute Gasteiger partial charge is 0.404 e. The topological polar surface area (TPSA) is 121 Å². The SMILES string of the molecule is C#Cc1c(F)c(F)c(F)c2cc(N)cc(-c3ncc4c(N5CCCCC(C)[C@@H]5F)nc(OC(O)(O)[C@@]56CCCN5CC(F)C6)nc4c3F)c12. The van der Waals surface area contributed by atoms with Gasteiger partial charge in [0.25, 0.3) is 0 Å². The molecule has 0 amide bonds. The lowest BCUT2D eigenvalue weighted by Gasteiger charge is -2.41. The van der Waals surface area contributed by atoms with Gasteiger partial charge in [0, 0.05) is 53.6 Å². The second kappa shape index (κ2) is 11.9. The number of aromatic nitrogens is 3. The summed E-state index contributed by atoms with van der Waals surface area (Å²) in [5.41, 5.74) is 2.18. The first kappa shape index (κ1) is 33.1. The van der Waals surface area contributed by atoms with Crippen LogP contribution in [0.1, 0.15) is 51.0 Å². The van der Waals surface area contributed by atoms with Crippen molar-refractivity contribution in [1.29, 1.82) is 0 Å². The Morgan fingerprint density at radius 3 is 2.55 bits per heavy atom. The number of fused-ring (bicyclic) bond motifs is 3. The van der Waals surface area contributed by atoms with E-state index in [9.17, 15) is 23.4 Å². The monoisotopic (exact) mass is 686 g/mol. The molecule has 3 aliphatic rings. The van der Waals surface area contributed by atoms with E-state index in [2.05, 4.69) is 15.0 Å². The molecular formula is C34H32F6N6O3. The van der Waals surface area contributed by atoms with E-state index >= 15 is 13.2 Å². The van der Waals surface area contributed by atoms with Crippen molar-refractivity contribution >= 4 is 33.2 Å². The normalized spacial score (nSPS) is 24.7. The molecule has 258 valence electrons. The minimum Gasteiger partial charge on any atom is -0.404 e. The molecule has 7 rings (SSSR count). The number of hydrogen-bond acceptors (Lipinski definition) is 9. The lowest BCUT2D eigenvalue weighted by molar-refractivity contribution is -0.349. The molecule has 4 atom stereocenters. The summed E-state index contributed by atoms with van der Waals surface area (Å²) in [4.78, 5) is 15.6. The number of terminal acetylenes is 1. The van der Waals surface area contributed by atoms with Gasteiger partial charge in [0.15, 0.2) is 29.6 Å². The summed E-state index contributed by atoms with van der Waals surface area (Å²) in [6.45, 7) is 2.20. The molecule has 2 aromatic carbocycles. The number of pyridine rings is 1. The fraction of sp³-hybridized carbons (Fsp3) is 0.441. The summed E-state index contributed by atoms with van der Waals surface area (Å²) in [6, 6.07) is 1.42. The number of rotatable bonds is 5. The fourth-order valence-electron chi connectivity index (χ4n) is 7.70. The molecule has 3 saturated heterocycles. The van der Waals surface area contributed by atoms with Gasteiger partial charge in [0.05, 0.1) is 10.9 Å². The highest BCUT2D eigenvalue weighted by molar-refractivity contribution is 6.04. The molecule has 15 heteroatoms. The molecule has 0 aliphatic carbocycles. The van der Waals surface area contributed by atoms with Crippen LogP contribution in [0.5, 0.6) is 6.01 Å². The Hall–Kier alpha value is -4.39. The zero-order valence-electron chi connectivity index (χ0n) is 26.3. The van der Waals surface area contributed by atoms with Crippen LogP contribution in [0.2, 0.25) is 0 Å². The maximum Gasteiger partial charge on any atom is 0.344 e. The van der Waals surface area contributed by atoms with Crippen LogP contribution in [0.25, 0.3) is 32.9 Å². The summed E-state index contributed by atoms with van der Waals surface area (Å²) in [5, 5.41) is 21.7. The zero-order valence-corrected chi connectivity index (χ0v) is 26.3. The quantitative estimate of drug-likeness (QED) is 0.0626. The van der Waals surface area contributed by atoms with E-state index in [1.807, 2.05) is 5.92 Å².